The molecule has 0 saturated carbocycles. The molecule has 2 aromatic rings. The van der Waals surface area contributed by atoms with Gasteiger partial charge >= 0.3 is 0 Å². The highest BCUT2D eigenvalue weighted by molar-refractivity contribution is 5.77. The number of ether oxygens (including phenoxy) is 2. The molecule has 5 heteroatoms. The highest BCUT2D eigenvalue weighted by Crippen LogP contribution is 2.19. The zero-order chi connectivity index (χ0) is 18.2. The molecule has 0 radical (unpaired) electrons. The lowest BCUT2D eigenvalue weighted by atomic mass is 10.1. The largest absolute Gasteiger partial charge is 0.497 e. The van der Waals surface area contributed by atoms with Crippen molar-refractivity contribution in [2.75, 3.05) is 26.8 Å². The third-order valence-corrected chi connectivity index (χ3v) is 4.60. The lowest BCUT2D eigenvalue weighted by molar-refractivity contribution is -0.123. The maximum absolute atomic E-state index is 12.1. The molecule has 0 aliphatic carbocycles. The van der Waals surface area contributed by atoms with Crippen LogP contribution in [0.2, 0.25) is 0 Å². The molecule has 0 bridgehead atoms. The second kappa shape index (κ2) is 9.25. The predicted molar refractivity (Wildman–Crippen MR) is 101 cm³/mol. The van der Waals surface area contributed by atoms with Gasteiger partial charge in [0, 0.05) is 19.2 Å². The van der Waals surface area contributed by atoms with Gasteiger partial charge in [-0.25, -0.2) is 0 Å². The lowest BCUT2D eigenvalue weighted by Gasteiger charge is -2.17. The van der Waals surface area contributed by atoms with Gasteiger partial charge in [0.05, 0.1) is 7.11 Å². The number of amides is 1. The summed E-state index contributed by atoms with van der Waals surface area (Å²) >= 11 is 0. The standard InChI is InChI=1S/C21H26N2O3/c1-25-19-9-6-10-20(13-19)26-16-21(24)22-14-17-7-2-3-8-18(17)15-23-11-4-5-12-23/h2-3,6-10,13H,4-5,11-12,14-16H2,1H3,(H,22,24). The first-order chi connectivity index (χ1) is 12.7. The maximum atomic E-state index is 12.1. The molecule has 138 valence electrons. The molecular weight excluding hydrogens is 328 g/mol. The molecule has 1 aliphatic heterocycles. The van der Waals surface area contributed by atoms with E-state index < -0.39 is 0 Å². The average Bonchev–Trinajstić information content (AvgIpc) is 3.19. The monoisotopic (exact) mass is 354 g/mol. The molecule has 1 heterocycles. The SMILES string of the molecule is COc1cccc(OCC(=O)NCc2ccccc2CN2CCCC2)c1. The zero-order valence-electron chi connectivity index (χ0n) is 15.2. The summed E-state index contributed by atoms with van der Waals surface area (Å²) in [6.07, 6.45) is 2.56. The van der Waals surface area contributed by atoms with Crippen molar-refractivity contribution in [3.05, 3.63) is 59.7 Å². The van der Waals surface area contributed by atoms with Crippen molar-refractivity contribution >= 4 is 5.91 Å². The summed E-state index contributed by atoms with van der Waals surface area (Å²) in [6, 6.07) is 15.5. The fourth-order valence-corrected chi connectivity index (χ4v) is 3.15. The molecule has 0 unspecified atom stereocenters. The maximum Gasteiger partial charge on any atom is 0.258 e. The van der Waals surface area contributed by atoms with Gasteiger partial charge in [-0.1, -0.05) is 30.3 Å². The predicted octanol–water partition coefficient (Wildman–Crippen LogP) is 2.99. The third-order valence-electron chi connectivity index (χ3n) is 4.60. The van der Waals surface area contributed by atoms with E-state index in [1.807, 2.05) is 18.2 Å². The van der Waals surface area contributed by atoms with E-state index in [4.69, 9.17) is 9.47 Å². The van der Waals surface area contributed by atoms with Crippen LogP contribution < -0.4 is 14.8 Å². The van der Waals surface area contributed by atoms with Gasteiger partial charge in [-0.05, 0) is 49.2 Å². The first-order valence-electron chi connectivity index (χ1n) is 9.07. The highest BCUT2D eigenvalue weighted by atomic mass is 16.5. The molecule has 5 nitrogen and oxygen atoms in total. The molecule has 0 spiro atoms. The number of hydrogen-bond acceptors (Lipinski definition) is 4. The summed E-state index contributed by atoms with van der Waals surface area (Å²) in [5, 5.41) is 2.95. The van der Waals surface area contributed by atoms with Gasteiger partial charge in [-0.3, -0.25) is 9.69 Å². The van der Waals surface area contributed by atoms with E-state index in [9.17, 15) is 4.79 Å². The summed E-state index contributed by atoms with van der Waals surface area (Å²) in [5.41, 5.74) is 2.44. The van der Waals surface area contributed by atoms with Gasteiger partial charge in [0.1, 0.15) is 11.5 Å². The topological polar surface area (TPSA) is 50.8 Å². The number of nitrogens with zero attached hydrogens (tertiary/aromatic N) is 1. The highest BCUT2D eigenvalue weighted by Gasteiger charge is 2.14. The van der Waals surface area contributed by atoms with E-state index in [-0.39, 0.29) is 12.5 Å². The Balaban J connectivity index is 1.49. The second-order valence-electron chi connectivity index (χ2n) is 6.50. The fourth-order valence-electron chi connectivity index (χ4n) is 3.15. The second-order valence-corrected chi connectivity index (χ2v) is 6.50. The minimum absolute atomic E-state index is 0.0124. The summed E-state index contributed by atoms with van der Waals surface area (Å²) in [4.78, 5) is 14.6. The van der Waals surface area contributed by atoms with E-state index in [1.54, 1.807) is 19.2 Å². The van der Waals surface area contributed by atoms with Crippen LogP contribution in [-0.4, -0.2) is 37.6 Å². The van der Waals surface area contributed by atoms with E-state index in [0.717, 1.165) is 25.2 Å². The molecule has 3 rings (SSSR count). The summed E-state index contributed by atoms with van der Waals surface area (Å²) in [7, 11) is 1.60. The van der Waals surface area contributed by atoms with E-state index in [0.29, 0.717) is 18.0 Å². The number of nitrogens with one attached hydrogen (secondary N) is 1. The van der Waals surface area contributed by atoms with Gasteiger partial charge in [-0.15, -0.1) is 0 Å². The van der Waals surface area contributed by atoms with Crippen LogP contribution in [0.5, 0.6) is 11.5 Å². The van der Waals surface area contributed by atoms with Crippen molar-refractivity contribution in [1.29, 1.82) is 0 Å². The average molecular weight is 354 g/mol. The first-order valence-corrected chi connectivity index (χ1v) is 9.07. The Morgan fingerprint density at radius 3 is 2.54 bits per heavy atom. The Labute approximate surface area is 154 Å². The van der Waals surface area contributed by atoms with Crippen LogP contribution in [0.4, 0.5) is 0 Å². The molecule has 1 amide bonds. The van der Waals surface area contributed by atoms with Gasteiger partial charge in [0.2, 0.25) is 0 Å². The van der Waals surface area contributed by atoms with Crippen LogP contribution >= 0.6 is 0 Å². The number of carbonyl (C=O) groups is 1. The Morgan fingerprint density at radius 1 is 1.04 bits per heavy atom. The Morgan fingerprint density at radius 2 is 1.77 bits per heavy atom. The van der Waals surface area contributed by atoms with Crippen molar-refractivity contribution in [1.82, 2.24) is 10.2 Å². The fraction of sp³-hybridized carbons (Fsp3) is 0.381. The molecule has 1 fully saturated rings. The van der Waals surface area contributed by atoms with Gasteiger partial charge < -0.3 is 14.8 Å². The minimum Gasteiger partial charge on any atom is -0.497 e. The number of methoxy groups -OCH3 is 1. The van der Waals surface area contributed by atoms with Crippen LogP contribution in [0.25, 0.3) is 0 Å². The lowest BCUT2D eigenvalue weighted by Crippen LogP contribution is -2.29. The van der Waals surface area contributed by atoms with Crippen LogP contribution in [-0.2, 0) is 17.9 Å². The Kier molecular flexibility index (Phi) is 6.50. The van der Waals surface area contributed by atoms with Crippen LogP contribution in [0.1, 0.15) is 24.0 Å². The third kappa shape index (κ3) is 5.23. The van der Waals surface area contributed by atoms with Crippen LogP contribution in [0, 0.1) is 0 Å². The number of rotatable bonds is 8. The number of hydrogen-bond donors (Lipinski definition) is 1. The molecule has 1 aliphatic rings. The van der Waals surface area contributed by atoms with E-state index in [1.165, 1.54) is 18.4 Å². The first kappa shape index (κ1) is 18.3. The van der Waals surface area contributed by atoms with Gasteiger partial charge in [0.25, 0.3) is 5.91 Å². The van der Waals surface area contributed by atoms with Gasteiger partial charge in [-0.2, -0.15) is 0 Å². The van der Waals surface area contributed by atoms with Gasteiger partial charge in [0.15, 0.2) is 6.61 Å². The summed E-state index contributed by atoms with van der Waals surface area (Å²) < 4.78 is 10.7. The molecule has 2 aromatic carbocycles. The van der Waals surface area contributed by atoms with Crippen molar-refractivity contribution in [3.63, 3.8) is 0 Å². The van der Waals surface area contributed by atoms with Crippen molar-refractivity contribution in [3.8, 4) is 11.5 Å². The quantitative estimate of drug-likeness (QED) is 0.792. The van der Waals surface area contributed by atoms with Crippen molar-refractivity contribution in [2.45, 2.75) is 25.9 Å². The molecule has 26 heavy (non-hydrogen) atoms. The molecule has 1 saturated heterocycles. The smallest absolute Gasteiger partial charge is 0.258 e. The minimum atomic E-state index is -0.135. The number of carbonyl (C=O) groups excluding carboxylic acids is 1. The summed E-state index contributed by atoms with van der Waals surface area (Å²) in [6.45, 7) is 3.78. The summed E-state index contributed by atoms with van der Waals surface area (Å²) in [5.74, 6) is 1.19. The molecular formula is C21H26N2O3. The van der Waals surface area contributed by atoms with Crippen molar-refractivity contribution < 1.29 is 14.3 Å². The number of likely N-dealkylation sites (tertiary alicyclic amines) is 1. The van der Waals surface area contributed by atoms with Crippen LogP contribution in [0.15, 0.2) is 48.5 Å². The number of benzene rings is 2. The molecule has 1 N–H and O–H groups in total. The zero-order valence-corrected chi connectivity index (χ0v) is 15.2. The van der Waals surface area contributed by atoms with Crippen LogP contribution in [0.3, 0.4) is 0 Å². The Hall–Kier alpha value is -2.53. The molecule has 0 atom stereocenters. The normalized spacial score (nSPS) is 14.2. The van der Waals surface area contributed by atoms with Crippen molar-refractivity contribution in [2.24, 2.45) is 0 Å². The Bertz CT molecular complexity index is 727. The van der Waals surface area contributed by atoms with E-state index in [2.05, 4.69) is 28.4 Å². The van der Waals surface area contributed by atoms with E-state index >= 15 is 0 Å². The molecule has 0 aromatic heterocycles.